The summed E-state index contributed by atoms with van der Waals surface area (Å²) in [5.41, 5.74) is 1.90. The van der Waals surface area contributed by atoms with Crippen LogP contribution in [0.2, 0.25) is 5.28 Å². The zero-order chi connectivity index (χ0) is 23.4. The zero-order valence-electron chi connectivity index (χ0n) is 18.3. The maximum Gasteiger partial charge on any atom is 0.364 e. The summed E-state index contributed by atoms with van der Waals surface area (Å²) in [6.45, 7) is 3.75. The molecule has 1 aliphatic rings. The van der Waals surface area contributed by atoms with Crippen molar-refractivity contribution in [2.75, 3.05) is 11.4 Å². The van der Waals surface area contributed by atoms with Crippen molar-refractivity contribution in [1.29, 1.82) is 0 Å². The van der Waals surface area contributed by atoms with Gasteiger partial charge in [-0.25, -0.2) is 9.78 Å². The molecular weight excluding hydrogens is 448 g/mol. The van der Waals surface area contributed by atoms with Gasteiger partial charge < -0.3 is 15.2 Å². The highest BCUT2D eigenvalue weighted by molar-refractivity contribution is 6.28. The number of nitrogens with zero attached hydrogens (tertiary/aromatic N) is 4. The third-order valence-corrected chi connectivity index (χ3v) is 5.43. The molecule has 2 aromatic heterocycles. The predicted molar refractivity (Wildman–Crippen MR) is 121 cm³/mol. The second kappa shape index (κ2) is 10.1. The number of anilines is 1. The molecule has 0 spiro atoms. The summed E-state index contributed by atoms with van der Waals surface area (Å²) in [6, 6.07) is 8.62. The van der Waals surface area contributed by atoms with Crippen LogP contribution in [-0.4, -0.2) is 50.4 Å². The Morgan fingerprint density at radius 3 is 2.70 bits per heavy atom. The van der Waals surface area contributed by atoms with Gasteiger partial charge in [0.25, 0.3) is 0 Å². The lowest BCUT2D eigenvalue weighted by Gasteiger charge is -2.25. The van der Waals surface area contributed by atoms with Crippen molar-refractivity contribution in [3.63, 3.8) is 0 Å². The molecule has 174 valence electrons. The van der Waals surface area contributed by atoms with Gasteiger partial charge in [-0.2, -0.15) is 14.9 Å². The van der Waals surface area contributed by atoms with Crippen LogP contribution < -0.4 is 10.2 Å². The summed E-state index contributed by atoms with van der Waals surface area (Å²) >= 11 is 6.07. The Labute approximate surface area is 195 Å². The number of fused-ring (bicyclic) bond motifs is 1. The Morgan fingerprint density at radius 1 is 1.24 bits per heavy atom. The van der Waals surface area contributed by atoms with Gasteiger partial charge in [0.05, 0.1) is 12.9 Å². The highest BCUT2D eigenvalue weighted by Gasteiger charge is 2.35. The average molecular weight is 473 g/mol. The van der Waals surface area contributed by atoms with E-state index in [0.29, 0.717) is 17.0 Å². The molecule has 0 radical (unpaired) electrons. The van der Waals surface area contributed by atoms with Crippen LogP contribution in [0.25, 0.3) is 11.2 Å². The number of benzene rings is 1. The third-order valence-electron chi connectivity index (χ3n) is 5.26. The van der Waals surface area contributed by atoms with Crippen LogP contribution in [0.4, 0.5) is 5.82 Å². The SMILES string of the molecule is CC(C)[C@H](NC(=O)CN(c1nc(Cl)nc2nc[nH]c12)C1CC1)C(=O)OOCc1ccccc1. The van der Waals surface area contributed by atoms with Gasteiger partial charge in [-0.05, 0) is 35.9 Å². The Morgan fingerprint density at radius 2 is 2.00 bits per heavy atom. The predicted octanol–water partition coefficient (Wildman–Crippen LogP) is 2.79. The van der Waals surface area contributed by atoms with Crippen LogP contribution in [-0.2, 0) is 26.0 Å². The van der Waals surface area contributed by atoms with Crippen LogP contribution in [0.5, 0.6) is 0 Å². The zero-order valence-corrected chi connectivity index (χ0v) is 19.1. The number of rotatable bonds is 10. The maximum atomic E-state index is 12.9. The minimum absolute atomic E-state index is 0.00645. The number of carbonyl (C=O) groups excluding carboxylic acids is 2. The number of nitrogens with one attached hydrogen (secondary N) is 2. The Balaban J connectivity index is 1.40. The molecular formula is C22H25ClN6O4. The van der Waals surface area contributed by atoms with E-state index in [2.05, 4.69) is 25.3 Å². The first-order valence-corrected chi connectivity index (χ1v) is 11.1. The standard InChI is InChI=1S/C22H25ClN6O4/c1-13(2)17(21(31)33-32-11-14-6-4-3-5-7-14)26-16(30)10-29(15-8-9-15)20-18-19(25-12-24-18)27-22(23)28-20/h3-7,12-13,15,17H,8-11H2,1-2H3,(H,26,30)(H,24,25,27,28)/t17-/m0/s1. The van der Waals surface area contributed by atoms with Gasteiger partial charge in [0, 0.05) is 6.04 Å². The molecule has 3 aromatic rings. The number of aromatic nitrogens is 4. The summed E-state index contributed by atoms with van der Waals surface area (Å²) in [5, 5.41) is 2.82. The number of amides is 1. The number of imidazole rings is 1. The van der Waals surface area contributed by atoms with E-state index in [-0.39, 0.29) is 36.3 Å². The molecule has 1 saturated carbocycles. The largest absolute Gasteiger partial charge is 0.364 e. The van der Waals surface area contributed by atoms with Crippen LogP contribution >= 0.6 is 11.6 Å². The van der Waals surface area contributed by atoms with Crippen LogP contribution in [0, 0.1) is 5.92 Å². The van der Waals surface area contributed by atoms with Crippen molar-refractivity contribution < 1.29 is 19.4 Å². The molecule has 0 bridgehead atoms. The Hall–Kier alpha value is -3.24. The lowest BCUT2D eigenvalue weighted by molar-refractivity contribution is -0.282. The first-order chi connectivity index (χ1) is 15.9. The van der Waals surface area contributed by atoms with Crippen LogP contribution in [0.1, 0.15) is 32.3 Å². The van der Waals surface area contributed by atoms with Gasteiger partial charge in [0.2, 0.25) is 11.2 Å². The van der Waals surface area contributed by atoms with E-state index >= 15 is 0 Å². The van der Waals surface area contributed by atoms with E-state index in [9.17, 15) is 9.59 Å². The molecule has 2 N–H and O–H groups in total. The summed E-state index contributed by atoms with van der Waals surface area (Å²) < 4.78 is 0. The van der Waals surface area contributed by atoms with Gasteiger partial charge in [-0.3, -0.25) is 9.68 Å². The van der Waals surface area contributed by atoms with Crippen molar-refractivity contribution in [3.05, 3.63) is 47.5 Å². The molecule has 1 fully saturated rings. The van der Waals surface area contributed by atoms with E-state index in [0.717, 1.165) is 18.4 Å². The molecule has 0 aliphatic heterocycles. The lowest BCUT2D eigenvalue weighted by atomic mass is 10.0. The van der Waals surface area contributed by atoms with Crippen molar-refractivity contribution in [2.24, 2.45) is 5.92 Å². The summed E-state index contributed by atoms with van der Waals surface area (Å²) in [7, 11) is 0. The topological polar surface area (TPSA) is 122 Å². The molecule has 1 amide bonds. The summed E-state index contributed by atoms with van der Waals surface area (Å²) in [6.07, 6.45) is 3.35. The van der Waals surface area contributed by atoms with E-state index in [1.54, 1.807) is 0 Å². The molecule has 0 unspecified atom stereocenters. The van der Waals surface area contributed by atoms with E-state index in [1.165, 1.54) is 6.33 Å². The number of carbonyl (C=O) groups is 2. The lowest BCUT2D eigenvalue weighted by Crippen LogP contribution is -2.49. The first kappa shape index (κ1) is 22.9. The fourth-order valence-corrected chi connectivity index (χ4v) is 3.58. The second-order valence-electron chi connectivity index (χ2n) is 8.22. The van der Waals surface area contributed by atoms with Gasteiger partial charge in [0.15, 0.2) is 11.5 Å². The van der Waals surface area contributed by atoms with E-state index in [1.807, 2.05) is 49.1 Å². The van der Waals surface area contributed by atoms with Crippen molar-refractivity contribution in [3.8, 4) is 0 Å². The monoisotopic (exact) mass is 472 g/mol. The molecule has 1 aliphatic carbocycles. The number of aromatic amines is 1. The minimum atomic E-state index is -0.865. The highest BCUT2D eigenvalue weighted by Crippen LogP contribution is 2.33. The third kappa shape index (κ3) is 5.77. The molecule has 10 nitrogen and oxygen atoms in total. The van der Waals surface area contributed by atoms with Gasteiger partial charge in [0.1, 0.15) is 18.2 Å². The number of H-pyrrole nitrogens is 1. The molecule has 1 aromatic carbocycles. The summed E-state index contributed by atoms with van der Waals surface area (Å²) in [4.78, 5) is 53.0. The van der Waals surface area contributed by atoms with Crippen molar-refractivity contribution in [1.82, 2.24) is 25.3 Å². The number of hydrogen-bond acceptors (Lipinski definition) is 8. The molecule has 1 atom stereocenters. The average Bonchev–Trinajstić information content (AvgIpc) is 3.52. The molecule has 4 rings (SSSR count). The van der Waals surface area contributed by atoms with E-state index < -0.39 is 12.0 Å². The fraction of sp³-hybridized carbons (Fsp3) is 0.409. The number of halogens is 1. The molecule has 0 saturated heterocycles. The fourth-order valence-electron chi connectivity index (χ4n) is 3.42. The molecule has 33 heavy (non-hydrogen) atoms. The smallest absolute Gasteiger partial charge is 0.342 e. The highest BCUT2D eigenvalue weighted by atomic mass is 35.5. The summed E-state index contributed by atoms with van der Waals surface area (Å²) in [5.74, 6) is -0.699. The van der Waals surface area contributed by atoms with E-state index in [4.69, 9.17) is 21.4 Å². The molecule has 2 heterocycles. The second-order valence-corrected chi connectivity index (χ2v) is 8.55. The van der Waals surface area contributed by atoms with Crippen LogP contribution in [0.3, 0.4) is 0 Å². The van der Waals surface area contributed by atoms with Gasteiger partial charge in [-0.15, -0.1) is 0 Å². The quantitative estimate of drug-likeness (QED) is 0.262. The maximum absolute atomic E-state index is 12.9. The van der Waals surface area contributed by atoms with Crippen molar-refractivity contribution >= 4 is 40.5 Å². The van der Waals surface area contributed by atoms with Crippen molar-refractivity contribution in [2.45, 2.75) is 45.4 Å². The minimum Gasteiger partial charge on any atom is -0.342 e. The van der Waals surface area contributed by atoms with Gasteiger partial charge in [-0.1, -0.05) is 44.2 Å². The Kier molecular flexibility index (Phi) is 7.05. The van der Waals surface area contributed by atoms with Gasteiger partial charge >= 0.3 is 5.97 Å². The number of hydrogen-bond donors (Lipinski definition) is 2. The normalized spacial score (nSPS) is 14.3. The first-order valence-electron chi connectivity index (χ1n) is 10.7. The Bertz CT molecular complexity index is 1120. The van der Waals surface area contributed by atoms with Crippen LogP contribution in [0.15, 0.2) is 36.7 Å². The molecule has 11 heteroatoms.